The Labute approximate surface area is 145 Å². The first kappa shape index (κ1) is 19.3. The summed E-state index contributed by atoms with van der Waals surface area (Å²) in [5.41, 5.74) is 3.36. The molecule has 2 rings (SSSR count). The lowest BCUT2D eigenvalue weighted by Gasteiger charge is -2.32. The van der Waals surface area contributed by atoms with Crippen LogP contribution in [0.25, 0.3) is 0 Å². The fourth-order valence-electron chi connectivity index (χ4n) is 3.17. The predicted octanol–water partition coefficient (Wildman–Crippen LogP) is 2.62. The van der Waals surface area contributed by atoms with Crippen molar-refractivity contribution in [3.05, 3.63) is 35.9 Å². The molecule has 0 bridgehead atoms. The summed E-state index contributed by atoms with van der Waals surface area (Å²) in [6.07, 6.45) is 1.63. The molecule has 3 N–H and O–H groups in total. The van der Waals surface area contributed by atoms with Crippen molar-refractivity contribution in [3.63, 3.8) is 0 Å². The standard InChI is InChI=1S/C18H24F2N2O3/c19-17(20)9-8-15(12-17)18(24,14-6-2-1-3-7-14)16(23)25-11-5-4-10-22-13-21/h1-3,6-7,13,15,24H,4-5,8-12H2,(H2,21,22). The van der Waals surface area contributed by atoms with E-state index in [0.29, 0.717) is 19.4 Å². The molecule has 0 aliphatic heterocycles. The Morgan fingerprint density at radius 2 is 2.12 bits per heavy atom. The maximum absolute atomic E-state index is 13.6. The molecule has 1 fully saturated rings. The molecule has 1 aromatic rings. The fourth-order valence-corrected chi connectivity index (χ4v) is 3.17. The van der Waals surface area contributed by atoms with Crippen molar-refractivity contribution in [2.24, 2.45) is 16.6 Å². The van der Waals surface area contributed by atoms with E-state index in [1.165, 1.54) is 6.34 Å². The van der Waals surface area contributed by atoms with Gasteiger partial charge in [-0.2, -0.15) is 0 Å². The minimum atomic E-state index is -2.87. The van der Waals surface area contributed by atoms with E-state index in [9.17, 15) is 18.7 Å². The molecule has 7 heteroatoms. The lowest BCUT2D eigenvalue weighted by atomic mass is 9.80. The second-order valence-electron chi connectivity index (χ2n) is 6.33. The molecular weight excluding hydrogens is 330 g/mol. The van der Waals surface area contributed by atoms with Crippen molar-refractivity contribution in [2.45, 2.75) is 43.6 Å². The van der Waals surface area contributed by atoms with Crippen LogP contribution in [0.15, 0.2) is 35.3 Å². The number of benzene rings is 1. The number of halogens is 2. The predicted molar refractivity (Wildman–Crippen MR) is 90.4 cm³/mol. The van der Waals surface area contributed by atoms with Crippen LogP contribution in [0.3, 0.4) is 0 Å². The van der Waals surface area contributed by atoms with Gasteiger partial charge in [-0.3, -0.25) is 4.99 Å². The Hall–Kier alpha value is -2.02. The molecule has 1 aliphatic carbocycles. The van der Waals surface area contributed by atoms with Gasteiger partial charge in [0.15, 0.2) is 5.60 Å². The quantitative estimate of drug-likeness (QED) is 0.325. The minimum Gasteiger partial charge on any atom is -0.463 e. The molecule has 1 aromatic carbocycles. The number of hydrogen-bond acceptors (Lipinski definition) is 4. The minimum absolute atomic E-state index is 0.0682. The lowest BCUT2D eigenvalue weighted by Crippen LogP contribution is -2.44. The Balaban J connectivity index is 2.08. The smallest absolute Gasteiger partial charge is 0.343 e. The molecule has 1 aliphatic rings. The van der Waals surface area contributed by atoms with Gasteiger partial charge in [-0.05, 0) is 24.8 Å². The summed E-state index contributed by atoms with van der Waals surface area (Å²) >= 11 is 0. The van der Waals surface area contributed by atoms with Gasteiger partial charge in [0.05, 0.1) is 12.9 Å². The molecule has 0 amide bonds. The van der Waals surface area contributed by atoms with Gasteiger partial charge in [0.25, 0.3) is 0 Å². The van der Waals surface area contributed by atoms with Crippen LogP contribution in [0.1, 0.15) is 37.7 Å². The van der Waals surface area contributed by atoms with Crippen LogP contribution in [0.5, 0.6) is 0 Å². The zero-order chi connectivity index (χ0) is 18.3. The average molecular weight is 354 g/mol. The van der Waals surface area contributed by atoms with Crippen LogP contribution in [0.2, 0.25) is 0 Å². The lowest BCUT2D eigenvalue weighted by molar-refractivity contribution is -0.175. The van der Waals surface area contributed by atoms with Crippen LogP contribution in [0.4, 0.5) is 8.78 Å². The molecule has 0 heterocycles. The van der Waals surface area contributed by atoms with Gasteiger partial charge in [0.2, 0.25) is 5.92 Å². The molecule has 0 aromatic heterocycles. The molecule has 0 spiro atoms. The highest BCUT2D eigenvalue weighted by Gasteiger charge is 2.54. The van der Waals surface area contributed by atoms with Crippen LogP contribution < -0.4 is 5.73 Å². The summed E-state index contributed by atoms with van der Waals surface area (Å²) in [6, 6.07) is 8.18. The summed E-state index contributed by atoms with van der Waals surface area (Å²) in [5.74, 6) is -4.61. The van der Waals surface area contributed by atoms with Gasteiger partial charge >= 0.3 is 5.97 Å². The molecule has 2 atom stereocenters. The molecule has 0 saturated heterocycles. The molecule has 5 nitrogen and oxygen atoms in total. The summed E-state index contributed by atoms with van der Waals surface area (Å²) in [7, 11) is 0. The number of ether oxygens (including phenoxy) is 1. The molecular formula is C18H24F2N2O3. The molecule has 0 radical (unpaired) electrons. The van der Waals surface area contributed by atoms with Gasteiger partial charge in [-0.25, -0.2) is 13.6 Å². The van der Waals surface area contributed by atoms with E-state index < -0.39 is 29.8 Å². The number of unbranched alkanes of at least 4 members (excludes halogenated alkanes) is 1. The number of carbonyl (C=O) groups is 1. The van der Waals surface area contributed by atoms with Gasteiger partial charge in [0.1, 0.15) is 0 Å². The zero-order valence-corrected chi connectivity index (χ0v) is 14.0. The average Bonchev–Trinajstić information content (AvgIpc) is 2.98. The van der Waals surface area contributed by atoms with Crippen molar-refractivity contribution >= 4 is 12.3 Å². The SMILES string of the molecule is NC=NCCCCOC(=O)C(O)(c1ccccc1)C1CCC(F)(F)C1. The van der Waals surface area contributed by atoms with Crippen molar-refractivity contribution in [2.75, 3.05) is 13.2 Å². The first-order chi connectivity index (χ1) is 11.9. The van der Waals surface area contributed by atoms with Crippen molar-refractivity contribution in [1.29, 1.82) is 0 Å². The highest BCUT2D eigenvalue weighted by Crippen LogP contribution is 2.47. The number of carbonyl (C=O) groups excluding carboxylic acids is 1. The normalized spacial score (nSPS) is 22.0. The summed E-state index contributed by atoms with van der Waals surface area (Å²) in [4.78, 5) is 16.4. The van der Waals surface area contributed by atoms with Crippen LogP contribution >= 0.6 is 0 Å². The van der Waals surface area contributed by atoms with Crippen LogP contribution in [0, 0.1) is 5.92 Å². The van der Waals surface area contributed by atoms with Crippen molar-refractivity contribution < 1.29 is 23.4 Å². The van der Waals surface area contributed by atoms with E-state index in [-0.39, 0.29) is 25.0 Å². The van der Waals surface area contributed by atoms with E-state index in [0.717, 1.165) is 0 Å². The second-order valence-corrected chi connectivity index (χ2v) is 6.33. The van der Waals surface area contributed by atoms with Crippen LogP contribution in [-0.4, -0.2) is 36.5 Å². The Morgan fingerprint density at radius 1 is 1.40 bits per heavy atom. The van der Waals surface area contributed by atoms with Crippen molar-refractivity contribution in [1.82, 2.24) is 0 Å². The van der Waals surface area contributed by atoms with E-state index >= 15 is 0 Å². The molecule has 25 heavy (non-hydrogen) atoms. The Kier molecular flexibility index (Phi) is 6.47. The third-order valence-corrected chi connectivity index (χ3v) is 4.54. The van der Waals surface area contributed by atoms with Gasteiger partial charge in [0, 0.05) is 25.3 Å². The molecule has 2 unspecified atom stereocenters. The second kappa shape index (κ2) is 8.38. The number of esters is 1. The van der Waals surface area contributed by atoms with Gasteiger partial charge < -0.3 is 15.6 Å². The Bertz CT molecular complexity index is 595. The molecule has 1 saturated carbocycles. The number of aliphatic hydroxyl groups is 1. The van der Waals surface area contributed by atoms with E-state index in [2.05, 4.69) is 4.99 Å². The third-order valence-electron chi connectivity index (χ3n) is 4.54. The fraction of sp³-hybridized carbons (Fsp3) is 0.556. The summed E-state index contributed by atoms with van der Waals surface area (Å²) < 4.78 is 32.5. The van der Waals surface area contributed by atoms with E-state index in [4.69, 9.17) is 10.5 Å². The number of rotatable bonds is 8. The number of nitrogens with zero attached hydrogens (tertiary/aromatic N) is 1. The van der Waals surface area contributed by atoms with Gasteiger partial charge in [-0.15, -0.1) is 0 Å². The van der Waals surface area contributed by atoms with Crippen molar-refractivity contribution in [3.8, 4) is 0 Å². The van der Waals surface area contributed by atoms with E-state index in [1.807, 2.05) is 0 Å². The number of nitrogens with two attached hydrogens (primary N) is 1. The molecule has 138 valence electrons. The number of hydrogen-bond donors (Lipinski definition) is 2. The number of alkyl halides is 2. The zero-order valence-electron chi connectivity index (χ0n) is 14.0. The summed E-state index contributed by atoms with van der Waals surface area (Å²) in [6.45, 7) is 0.614. The Morgan fingerprint density at radius 3 is 2.72 bits per heavy atom. The first-order valence-corrected chi connectivity index (χ1v) is 8.43. The highest BCUT2D eigenvalue weighted by molar-refractivity contribution is 5.81. The third kappa shape index (κ3) is 4.75. The maximum Gasteiger partial charge on any atom is 0.343 e. The monoisotopic (exact) mass is 354 g/mol. The highest BCUT2D eigenvalue weighted by atomic mass is 19.3. The maximum atomic E-state index is 13.6. The summed E-state index contributed by atoms with van der Waals surface area (Å²) in [5, 5.41) is 11.1. The largest absolute Gasteiger partial charge is 0.463 e. The van der Waals surface area contributed by atoms with Crippen LogP contribution in [-0.2, 0) is 15.1 Å². The van der Waals surface area contributed by atoms with E-state index in [1.54, 1.807) is 30.3 Å². The number of aliphatic imine (C=N–C) groups is 1. The topological polar surface area (TPSA) is 84.9 Å². The first-order valence-electron chi connectivity index (χ1n) is 8.43. The van der Waals surface area contributed by atoms with Gasteiger partial charge in [-0.1, -0.05) is 30.3 Å².